The minimum absolute atomic E-state index is 0.782. The average molecular weight is 265 g/mol. The van der Waals surface area contributed by atoms with Gasteiger partial charge in [-0.2, -0.15) is 0 Å². The summed E-state index contributed by atoms with van der Waals surface area (Å²) in [5.41, 5.74) is 3.36. The number of anilines is 1. The maximum absolute atomic E-state index is 6.25. The van der Waals surface area contributed by atoms with E-state index >= 15 is 0 Å². The SMILES string of the molecule is CNCc1ccc(N(C)Cc2ccoc2)cc1Cl. The molecule has 1 aromatic heterocycles. The van der Waals surface area contributed by atoms with Crippen LogP contribution in [0.1, 0.15) is 11.1 Å². The summed E-state index contributed by atoms with van der Waals surface area (Å²) in [6.45, 7) is 1.59. The van der Waals surface area contributed by atoms with Crippen molar-refractivity contribution in [3.8, 4) is 0 Å². The molecule has 2 aromatic rings. The third-order valence-corrected chi connectivity index (χ3v) is 3.20. The van der Waals surface area contributed by atoms with Crippen LogP contribution in [0.2, 0.25) is 5.02 Å². The van der Waals surface area contributed by atoms with E-state index in [1.807, 2.05) is 26.2 Å². The van der Waals surface area contributed by atoms with Crippen LogP contribution in [0, 0.1) is 0 Å². The second-order valence-electron chi connectivity index (χ2n) is 4.29. The Kier molecular flexibility index (Phi) is 4.28. The summed E-state index contributed by atoms with van der Waals surface area (Å²) in [6.07, 6.45) is 3.44. The van der Waals surface area contributed by atoms with Gasteiger partial charge in [-0.05, 0) is 30.8 Å². The van der Waals surface area contributed by atoms with Crippen LogP contribution in [0.4, 0.5) is 5.69 Å². The zero-order valence-corrected chi connectivity index (χ0v) is 11.4. The van der Waals surface area contributed by atoms with Crippen molar-refractivity contribution >= 4 is 17.3 Å². The predicted molar refractivity (Wildman–Crippen MR) is 75.0 cm³/mol. The minimum atomic E-state index is 0.782. The number of hydrogen-bond acceptors (Lipinski definition) is 3. The molecule has 0 radical (unpaired) electrons. The molecule has 0 saturated heterocycles. The molecular formula is C14H17ClN2O. The van der Waals surface area contributed by atoms with Crippen LogP contribution >= 0.6 is 11.6 Å². The maximum atomic E-state index is 6.25. The summed E-state index contributed by atoms with van der Waals surface area (Å²) in [7, 11) is 3.95. The molecule has 3 nitrogen and oxygen atoms in total. The van der Waals surface area contributed by atoms with Crippen molar-refractivity contribution in [2.45, 2.75) is 13.1 Å². The highest BCUT2D eigenvalue weighted by Crippen LogP contribution is 2.24. The number of rotatable bonds is 5. The Morgan fingerprint density at radius 2 is 2.17 bits per heavy atom. The molecule has 4 heteroatoms. The topological polar surface area (TPSA) is 28.4 Å². The first-order valence-electron chi connectivity index (χ1n) is 5.86. The van der Waals surface area contributed by atoms with Crippen molar-refractivity contribution < 1.29 is 4.42 Å². The van der Waals surface area contributed by atoms with Gasteiger partial charge in [0.15, 0.2) is 0 Å². The smallest absolute Gasteiger partial charge is 0.0952 e. The summed E-state index contributed by atoms with van der Waals surface area (Å²) in [4.78, 5) is 2.14. The first-order valence-corrected chi connectivity index (χ1v) is 6.23. The Morgan fingerprint density at radius 1 is 1.33 bits per heavy atom. The lowest BCUT2D eigenvalue weighted by Crippen LogP contribution is -2.16. The molecule has 0 spiro atoms. The van der Waals surface area contributed by atoms with Crippen LogP contribution in [0.3, 0.4) is 0 Å². The lowest BCUT2D eigenvalue weighted by atomic mass is 10.2. The fraction of sp³-hybridized carbons (Fsp3) is 0.286. The van der Waals surface area contributed by atoms with Crippen LogP contribution in [-0.2, 0) is 13.1 Å². The van der Waals surface area contributed by atoms with E-state index < -0.39 is 0 Å². The van der Waals surface area contributed by atoms with Crippen LogP contribution in [0.5, 0.6) is 0 Å². The fourth-order valence-corrected chi connectivity index (χ4v) is 2.10. The summed E-state index contributed by atoms with van der Waals surface area (Å²) >= 11 is 6.25. The van der Waals surface area contributed by atoms with Gasteiger partial charge < -0.3 is 14.6 Å². The molecular weight excluding hydrogens is 248 g/mol. The summed E-state index contributed by atoms with van der Waals surface area (Å²) in [5.74, 6) is 0. The Balaban J connectivity index is 2.11. The third kappa shape index (κ3) is 3.06. The lowest BCUT2D eigenvalue weighted by molar-refractivity contribution is 0.563. The third-order valence-electron chi connectivity index (χ3n) is 2.84. The van der Waals surface area contributed by atoms with E-state index in [4.69, 9.17) is 16.0 Å². The minimum Gasteiger partial charge on any atom is -0.472 e. The van der Waals surface area contributed by atoms with Gasteiger partial charge in [0, 0.05) is 36.4 Å². The average Bonchev–Trinajstić information content (AvgIpc) is 2.84. The molecule has 0 fully saturated rings. The number of benzene rings is 1. The molecule has 0 unspecified atom stereocenters. The highest BCUT2D eigenvalue weighted by Gasteiger charge is 2.06. The van der Waals surface area contributed by atoms with Crippen molar-refractivity contribution in [2.75, 3.05) is 19.0 Å². The Morgan fingerprint density at radius 3 is 2.78 bits per heavy atom. The van der Waals surface area contributed by atoms with Crippen molar-refractivity contribution in [1.29, 1.82) is 0 Å². The summed E-state index contributed by atoms with van der Waals surface area (Å²) in [6, 6.07) is 8.10. The molecule has 1 N–H and O–H groups in total. The Labute approximate surface area is 112 Å². The standard InChI is InChI=1S/C14H17ClN2O/c1-16-8-12-3-4-13(7-14(12)15)17(2)9-11-5-6-18-10-11/h3-7,10,16H,8-9H2,1-2H3. The van der Waals surface area contributed by atoms with E-state index in [0.29, 0.717) is 0 Å². The maximum Gasteiger partial charge on any atom is 0.0952 e. The monoisotopic (exact) mass is 264 g/mol. The van der Waals surface area contributed by atoms with E-state index in [0.717, 1.165) is 34.9 Å². The van der Waals surface area contributed by atoms with E-state index in [-0.39, 0.29) is 0 Å². The molecule has 0 aliphatic heterocycles. The van der Waals surface area contributed by atoms with Gasteiger partial charge in [-0.25, -0.2) is 0 Å². The Bertz CT molecular complexity index is 497. The first kappa shape index (κ1) is 13.0. The van der Waals surface area contributed by atoms with Crippen molar-refractivity contribution in [3.05, 3.63) is 52.9 Å². The fourth-order valence-electron chi connectivity index (χ4n) is 1.86. The molecule has 1 aromatic carbocycles. The number of nitrogens with one attached hydrogen (secondary N) is 1. The van der Waals surface area contributed by atoms with Gasteiger partial charge in [-0.3, -0.25) is 0 Å². The first-order chi connectivity index (χ1) is 8.70. The Hall–Kier alpha value is -1.45. The predicted octanol–water partition coefficient (Wildman–Crippen LogP) is 3.29. The van der Waals surface area contributed by atoms with E-state index in [2.05, 4.69) is 22.3 Å². The molecule has 0 bridgehead atoms. The normalized spacial score (nSPS) is 10.6. The molecule has 0 amide bonds. The quantitative estimate of drug-likeness (QED) is 0.898. The van der Waals surface area contributed by atoms with Crippen molar-refractivity contribution in [3.63, 3.8) is 0 Å². The van der Waals surface area contributed by atoms with Gasteiger partial charge in [0.2, 0.25) is 0 Å². The van der Waals surface area contributed by atoms with Gasteiger partial charge in [0.25, 0.3) is 0 Å². The summed E-state index contributed by atoms with van der Waals surface area (Å²) in [5, 5.41) is 3.89. The molecule has 0 saturated carbocycles. The van der Waals surface area contributed by atoms with E-state index in [9.17, 15) is 0 Å². The van der Waals surface area contributed by atoms with E-state index in [1.165, 1.54) is 0 Å². The van der Waals surface area contributed by atoms with Gasteiger partial charge in [-0.1, -0.05) is 17.7 Å². The van der Waals surface area contributed by atoms with Gasteiger partial charge in [0.05, 0.1) is 12.5 Å². The highest BCUT2D eigenvalue weighted by atomic mass is 35.5. The zero-order chi connectivity index (χ0) is 13.0. The second-order valence-corrected chi connectivity index (χ2v) is 4.70. The second kappa shape index (κ2) is 5.94. The van der Waals surface area contributed by atoms with Crippen LogP contribution in [0.15, 0.2) is 41.2 Å². The van der Waals surface area contributed by atoms with Crippen molar-refractivity contribution in [2.24, 2.45) is 0 Å². The van der Waals surface area contributed by atoms with Gasteiger partial charge >= 0.3 is 0 Å². The number of furan rings is 1. The summed E-state index contributed by atoms with van der Waals surface area (Å²) < 4.78 is 5.07. The van der Waals surface area contributed by atoms with Gasteiger partial charge in [-0.15, -0.1) is 0 Å². The van der Waals surface area contributed by atoms with E-state index in [1.54, 1.807) is 12.5 Å². The zero-order valence-electron chi connectivity index (χ0n) is 10.6. The van der Waals surface area contributed by atoms with Crippen LogP contribution in [-0.4, -0.2) is 14.1 Å². The molecule has 96 valence electrons. The molecule has 2 rings (SSSR count). The largest absolute Gasteiger partial charge is 0.472 e. The number of hydrogen-bond donors (Lipinski definition) is 1. The van der Waals surface area contributed by atoms with Crippen LogP contribution < -0.4 is 10.2 Å². The number of halogens is 1. The molecule has 18 heavy (non-hydrogen) atoms. The lowest BCUT2D eigenvalue weighted by Gasteiger charge is -2.19. The molecule has 0 aliphatic rings. The molecule has 0 atom stereocenters. The molecule has 0 aliphatic carbocycles. The van der Waals surface area contributed by atoms with Gasteiger partial charge in [0.1, 0.15) is 0 Å². The van der Waals surface area contributed by atoms with Crippen LogP contribution in [0.25, 0.3) is 0 Å². The number of nitrogens with zero attached hydrogens (tertiary/aromatic N) is 1. The highest BCUT2D eigenvalue weighted by molar-refractivity contribution is 6.31. The molecule has 1 heterocycles. The van der Waals surface area contributed by atoms with Crippen molar-refractivity contribution in [1.82, 2.24) is 5.32 Å².